The van der Waals surface area contributed by atoms with Crippen molar-refractivity contribution in [1.82, 2.24) is 14.8 Å². The molecule has 0 radical (unpaired) electrons. The van der Waals surface area contributed by atoms with Crippen molar-refractivity contribution >= 4 is 34.6 Å². The standard InChI is InChI=1S/C29H32N4O6/c1-20-23-9-13-32(25(23)8-7-24(20)33-14-10-26(34)30-27(33)35)22-18-38-29(39-19-22)11-15-31(16-12-29)28(36)37-17-21-5-3-2-4-6-21/h2-9,13,22H,10-12,14-19H2,1H3,(H,30,34,35). The molecule has 3 saturated heterocycles. The van der Waals surface area contributed by atoms with E-state index in [0.717, 1.165) is 27.7 Å². The maximum absolute atomic E-state index is 12.5. The molecule has 1 aromatic heterocycles. The Morgan fingerprint density at radius 2 is 1.77 bits per heavy atom. The number of carbonyl (C=O) groups is 3. The third-order valence-corrected chi connectivity index (χ3v) is 7.95. The minimum atomic E-state index is -0.683. The molecule has 2 aromatic carbocycles. The van der Waals surface area contributed by atoms with Crippen molar-refractivity contribution < 1.29 is 28.6 Å². The first kappa shape index (κ1) is 25.4. The van der Waals surface area contributed by atoms with Crippen LogP contribution in [0.2, 0.25) is 0 Å². The molecule has 0 saturated carbocycles. The number of ether oxygens (including phenoxy) is 3. The lowest BCUT2D eigenvalue weighted by Crippen LogP contribution is -2.53. The molecule has 0 unspecified atom stereocenters. The predicted octanol–water partition coefficient (Wildman–Crippen LogP) is 4.11. The van der Waals surface area contributed by atoms with Crippen LogP contribution in [-0.4, -0.2) is 66.1 Å². The Balaban J connectivity index is 1.06. The maximum Gasteiger partial charge on any atom is 0.410 e. The van der Waals surface area contributed by atoms with Crippen molar-refractivity contribution in [1.29, 1.82) is 0 Å². The number of hydrogen-bond donors (Lipinski definition) is 1. The fraction of sp³-hybridized carbons (Fsp3) is 0.414. The summed E-state index contributed by atoms with van der Waals surface area (Å²) >= 11 is 0. The van der Waals surface area contributed by atoms with Gasteiger partial charge in [-0.3, -0.25) is 15.0 Å². The van der Waals surface area contributed by atoms with Crippen molar-refractivity contribution in [2.24, 2.45) is 0 Å². The summed E-state index contributed by atoms with van der Waals surface area (Å²) in [7, 11) is 0. The monoisotopic (exact) mass is 532 g/mol. The summed E-state index contributed by atoms with van der Waals surface area (Å²) in [5.74, 6) is -0.928. The van der Waals surface area contributed by atoms with E-state index in [1.54, 1.807) is 9.80 Å². The molecule has 3 aliphatic rings. The molecule has 0 bridgehead atoms. The van der Waals surface area contributed by atoms with Gasteiger partial charge in [0.2, 0.25) is 5.91 Å². The number of rotatable bonds is 4. The smallest absolute Gasteiger partial charge is 0.410 e. The number of nitrogens with one attached hydrogen (secondary N) is 1. The van der Waals surface area contributed by atoms with Crippen LogP contribution in [0.5, 0.6) is 0 Å². The summed E-state index contributed by atoms with van der Waals surface area (Å²) in [5.41, 5.74) is 3.78. The Hall–Kier alpha value is -3.89. The van der Waals surface area contributed by atoms with Gasteiger partial charge in [-0.1, -0.05) is 30.3 Å². The van der Waals surface area contributed by atoms with Crippen molar-refractivity contribution in [3.63, 3.8) is 0 Å². The number of anilines is 1. The Labute approximate surface area is 226 Å². The van der Waals surface area contributed by atoms with Crippen LogP contribution in [0, 0.1) is 6.92 Å². The number of aromatic nitrogens is 1. The van der Waals surface area contributed by atoms with E-state index < -0.39 is 5.79 Å². The highest BCUT2D eigenvalue weighted by atomic mass is 16.7. The molecule has 1 spiro atoms. The molecule has 3 fully saturated rings. The largest absolute Gasteiger partial charge is 0.445 e. The minimum Gasteiger partial charge on any atom is -0.445 e. The van der Waals surface area contributed by atoms with E-state index in [4.69, 9.17) is 14.2 Å². The third-order valence-electron chi connectivity index (χ3n) is 7.95. The number of amides is 4. The summed E-state index contributed by atoms with van der Waals surface area (Å²) in [4.78, 5) is 39.8. The second-order valence-electron chi connectivity index (χ2n) is 10.3. The fourth-order valence-electron chi connectivity index (χ4n) is 5.65. The molecule has 10 nitrogen and oxygen atoms in total. The van der Waals surface area contributed by atoms with E-state index >= 15 is 0 Å². The van der Waals surface area contributed by atoms with Crippen LogP contribution in [0.1, 0.15) is 36.4 Å². The van der Waals surface area contributed by atoms with Gasteiger partial charge < -0.3 is 23.7 Å². The highest BCUT2D eigenvalue weighted by molar-refractivity contribution is 6.07. The number of aryl methyl sites for hydroxylation is 1. The number of nitrogens with zero attached hydrogens (tertiary/aromatic N) is 3. The molecule has 39 heavy (non-hydrogen) atoms. The van der Waals surface area contributed by atoms with Crippen molar-refractivity contribution in [2.45, 2.75) is 44.6 Å². The van der Waals surface area contributed by atoms with Crippen LogP contribution < -0.4 is 10.2 Å². The summed E-state index contributed by atoms with van der Waals surface area (Å²) in [5, 5.41) is 3.43. The zero-order chi connectivity index (χ0) is 27.0. The number of likely N-dealkylation sites (tertiary alicyclic amines) is 1. The lowest BCUT2D eigenvalue weighted by atomic mass is 10.0. The Kier molecular flexibility index (Phi) is 6.74. The predicted molar refractivity (Wildman–Crippen MR) is 143 cm³/mol. The first-order valence-electron chi connectivity index (χ1n) is 13.4. The van der Waals surface area contributed by atoms with Gasteiger partial charge in [-0.05, 0) is 36.2 Å². The summed E-state index contributed by atoms with van der Waals surface area (Å²) in [6.45, 7) is 4.65. The molecule has 4 heterocycles. The molecule has 3 aromatic rings. The van der Waals surface area contributed by atoms with Crippen LogP contribution >= 0.6 is 0 Å². The van der Waals surface area contributed by atoms with Crippen molar-refractivity contribution in [3.8, 4) is 0 Å². The van der Waals surface area contributed by atoms with Crippen LogP contribution in [0.25, 0.3) is 10.9 Å². The number of hydrogen-bond acceptors (Lipinski definition) is 6. The molecular formula is C29H32N4O6. The zero-order valence-electron chi connectivity index (χ0n) is 21.9. The lowest BCUT2D eigenvalue weighted by Gasteiger charge is -2.45. The number of fused-ring (bicyclic) bond motifs is 1. The van der Waals surface area contributed by atoms with Gasteiger partial charge in [-0.15, -0.1) is 0 Å². The van der Waals surface area contributed by atoms with Gasteiger partial charge in [0.1, 0.15) is 6.61 Å². The molecular weight excluding hydrogens is 500 g/mol. The topological polar surface area (TPSA) is 102 Å². The maximum atomic E-state index is 12.5. The number of benzene rings is 2. The number of piperidine rings is 1. The van der Waals surface area contributed by atoms with E-state index in [1.807, 2.05) is 61.7 Å². The quantitative estimate of drug-likeness (QED) is 0.543. The molecule has 10 heteroatoms. The molecule has 3 aliphatic heterocycles. The van der Waals surface area contributed by atoms with Crippen LogP contribution in [-0.2, 0) is 25.6 Å². The Morgan fingerprint density at radius 3 is 2.49 bits per heavy atom. The molecule has 4 amide bonds. The van der Waals surface area contributed by atoms with E-state index in [0.29, 0.717) is 45.7 Å². The molecule has 204 valence electrons. The van der Waals surface area contributed by atoms with E-state index in [-0.39, 0.29) is 37.1 Å². The number of carbonyl (C=O) groups excluding carboxylic acids is 3. The summed E-state index contributed by atoms with van der Waals surface area (Å²) in [6.07, 6.45) is 3.19. The fourth-order valence-corrected chi connectivity index (χ4v) is 5.65. The number of imide groups is 1. The van der Waals surface area contributed by atoms with E-state index in [9.17, 15) is 14.4 Å². The molecule has 6 rings (SSSR count). The summed E-state index contributed by atoms with van der Waals surface area (Å²) in [6, 6.07) is 15.2. The van der Waals surface area contributed by atoms with Gasteiger partial charge in [-0.2, -0.15) is 0 Å². The summed E-state index contributed by atoms with van der Waals surface area (Å²) < 4.78 is 20.3. The van der Waals surface area contributed by atoms with Gasteiger partial charge in [-0.25, -0.2) is 9.59 Å². The van der Waals surface area contributed by atoms with E-state index in [2.05, 4.69) is 9.88 Å². The molecule has 1 N–H and O–H groups in total. The molecule has 0 aliphatic carbocycles. The number of urea groups is 1. The second kappa shape index (κ2) is 10.3. The first-order chi connectivity index (χ1) is 18.9. The highest BCUT2D eigenvalue weighted by Gasteiger charge is 2.42. The van der Waals surface area contributed by atoms with Gasteiger partial charge in [0, 0.05) is 61.7 Å². The third kappa shape index (κ3) is 4.97. The zero-order valence-corrected chi connectivity index (χ0v) is 21.9. The van der Waals surface area contributed by atoms with E-state index in [1.165, 1.54) is 0 Å². The minimum absolute atomic E-state index is 0.00292. The van der Waals surface area contributed by atoms with Gasteiger partial charge in [0.15, 0.2) is 5.79 Å². The highest BCUT2D eigenvalue weighted by Crippen LogP contribution is 2.36. The normalized spacial score (nSPS) is 19.9. The van der Waals surface area contributed by atoms with Crippen LogP contribution in [0.3, 0.4) is 0 Å². The van der Waals surface area contributed by atoms with Gasteiger partial charge >= 0.3 is 12.1 Å². The molecule has 0 atom stereocenters. The van der Waals surface area contributed by atoms with Crippen LogP contribution in [0.4, 0.5) is 15.3 Å². The Bertz CT molecular complexity index is 1390. The van der Waals surface area contributed by atoms with Gasteiger partial charge in [0.25, 0.3) is 0 Å². The van der Waals surface area contributed by atoms with Crippen molar-refractivity contribution in [3.05, 3.63) is 65.9 Å². The average Bonchev–Trinajstić information content (AvgIpc) is 3.39. The van der Waals surface area contributed by atoms with Crippen LogP contribution in [0.15, 0.2) is 54.7 Å². The van der Waals surface area contributed by atoms with Crippen molar-refractivity contribution in [2.75, 3.05) is 37.7 Å². The van der Waals surface area contributed by atoms with Gasteiger partial charge in [0.05, 0.1) is 19.3 Å². The Morgan fingerprint density at radius 1 is 1.03 bits per heavy atom. The SMILES string of the molecule is Cc1c(N2CCC(=O)NC2=O)ccc2c1ccn2C1COC2(CCN(C(=O)OCc3ccccc3)CC2)OC1. The average molecular weight is 533 g/mol. The second-order valence-corrected chi connectivity index (χ2v) is 10.3. The first-order valence-corrected chi connectivity index (χ1v) is 13.4. The lowest BCUT2D eigenvalue weighted by molar-refractivity contribution is -0.293.